The standard InChI is InChI=1S/C57H33N6O3.Pt/c1-3-14-36(15-4-1)40-19-13-20-41(37-16-5-2-6-17-37)55(40)61-29-28-60(35-61)38-30-45-44-34-51-43(42-18-7-10-23-50(42)65-51)33-52(44)66-56(45)53(31-38)64-39-25-26-48-49(32-39)63(54-24-11-12-27-58-54)57-59-46-21-8-9-22-47(46)62(48)57;/h1-30,33-35H;/q-3;. The van der Waals surface area contributed by atoms with Crippen LogP contribution in [0.2, 0.25) is 0 Å². The summed E-state index contributed by atoms with van der Waals surface area (Å²) in [6, 6.07) is 67.0. The van der Waals surface area contributed by atoms with E-state index < -0.39 is 0 Å². The van der Waals surface area contributed by atoms with Gasteiger partial charge in [0.15, 0.2) is 0 Å². The van der Waals surface area contributed by atoms with E-state index >= 15 is 0 Å². The summed E-state index contributed by atoms with van der Waals surface area (Å²) in [7, 11) is 0. The molecule has 13 aromatic rings. The summed E-state index contributed by atoms with van der Waals surface area (Å²) in [6.07, 6.45) is 5.92. The average Bonchev–Trinajstić information content (AvgIpc) is 4.21. The molecule has 0 atom stereocenters. The third-order valence-electron chi connectivity index (χ3n) is 12.5. The predicted octanol–water partition coefficient (Wildman–Crippen LogP) is 14.3. The zero-order chi connectivity index (χ0) is 43.3. The van der Waals surface area contributed by atoms with Gasteiger partial charge in [0.25, 0.3) is 0 Å². The minimum atomic E-state index is 0. The van der Waals surface area contributed by atoms with Crippen molar-refractivity contribution in [3.05, 3.63) is 213 Å². The van der Waals surface area contributed by atoms with Crippen LogP contribution in [0.1, 0.15) is 0 Å². The molecule has 0 unspecified atom stereocenters. The first-order valence-corrected chi connectivity index (χ1v) is 21.7. The molecule has 10 heteroatoms. The van der Waals surface area contributed by atoms with Crippen molar-refractivity contribution >= 4 is 83.1 Å². The average molecular weight is 1050 g/mol. The van der Waals surface area contributed by atoms with Crippen LogP contribution in [0, 0.1) is 18.8 Å². The van der Waals surface area contributed by atoms with E-state index in [9.17, 15) is 0 Å². The van der Waals surface area contributed by atoms with Crippen LogP contribution in [0.15, 0.2) is 203 Å². The van der Waals surface area contributed by atoms with E-state index in [1.807, 2.05) is 83.4 Å². The first kappa shape index (κ1) is 39.0. The van der Waals surface area contributed by atoms with Crippen molar-refractivity contribution in [3.8, 4) is 39.6 Å². The summed E-state index contributed by atoms with van der Waals surface area (Å²) in [5, 5.41) is 3.76. The van der Waals surface area contributed by atoms with Crippen LogP contribution in [0.25, 0.3) is 99.8 Å². The van der Waals surface area contributed by atoms with Crippen molar-refractivity contribution in [2.45, 2.75) is 0 Å². The number of imidazole rings is 2. The predicted molar refractivity (Wildman–Crippen MR) is 262 cm³/mol. The van der Waals surface area contributed by atoms with Gasteiger partial charge >= 0.3 is 0 Å². The van der Waals surface area contributed by atoms with Gasteiger partial charge in [0.2, 0.25) is 5.78 Å². The Morgan fingerprint density at radius 1 is 0.552 bits per heavy atom. The summed E-state index contributed by atoms with van der Waals surface area (Å²) in [5.74, 6) is 2.34. The van der Waals surface area contributed by atoms with Crippen molar-refractivity contribution in [1.29, 1.82) is 0 Å². The van der Waals surface area contributed by atoms with E-state index in [2.05, 4.69) is 142 Å². The monoisotopic (exact) mass is 1040 g/mol. The van der Waals surface area contributed by atoms with Crippen molar-refractivity contribution in [2.24, 2.45) is 0 Å². The Hall–Kier alpha value is -8.39. The maximum Gasteiger partial charge on any atom is 0.208 e. The fraction of sp³-hybridized carbons (Fsp3) is 0. The zero-order valence-corrected chi connectivity index (χ0v) is 37.5. The molecule has 0 radical (unpaired) electrons. The number of anilines is 2. The van der Waals surface area contributed by atoms with Crippen LogP contribution in [0.4, 0.5) is 11.4 Å². The Balaban J connectivity index is 0.00000446. The van der Waals surface area contributed by atoms with E-state index in [4.69, 9.17) is 23.5 Å². The molecule has 9 nitrogen and oxygen atoms in total. The second-order valence-corrected chi connectivity index (χ2v) is 16.4. The molecule has 0 bridgehead atoms. The minimum Gasteiger partial charge on any atom is -0.512 e. The van der Waals surface area contributed by atoms with Crippen LogP contribution >= 0.6 is 0 Å². The molecule has 322 valence electrons. The summed E-state index contributed by atoms with van der Waals surface area (Å²) in [5.41, 5.74) is 12.7. The van der Waals surface area contributed by atoms with Crippen molar-refractivity contribution in [3.63, 3.8) is 0 Å². The number of benzene rings is 8. The molecule has 0 amide bonds. The number of furan rings is 2. The number of pyridine rings is 1. The molecule has 14 rings (SSSR count). The van der Waals surface area contributed by atoms with Crippen LogP contribution in [-0.2, 0) is 21.1 Å². The molecule has 0 N–H and O–H groups in total. The smallest absolute Gasteiger partial charge is 0.208 e. The number of nitrogens with zero attached hydrogens (tertiary/aromatic N) is 6. The van der Waals surface area contributed by atoms with E-state index in [0.29, 0.717) is 22.7 Å². The van der Waals surface area contributed by atoms with Gasteiger partial charge in [-0.15, -0.1) is 42.7 Å². The van der Waals surface area contributed by atoms with Gasteiger partial charge in [0.05, 0.1) is 22.4 Å². The molecular weight excluding hydrogens is 1010 g/mol. The summed E-state index contributed by atoms with van der Waals surface area (Å²) < 4.78 is 24.3. The number of rotatable bonds is 7. The molecule has 8 aromatic carbocycles. The minimum absolute atomic E-state index is 0. The molecule has 67 heavy (non-hydrogen) atoms. The van der Waals surface area contributed by atoms with Gasteiger partial charge in [-0.3, -0.25) is 4.57 Å². The van der Waals surface area contributed by atoms with Crippen LogP contribution in [-0.4, -0.2) is 18.9 Å². The van der Waals surface area contributed by atoms with E-state index in [-0.39, 0.29) is 21.1 Å². The summed E-state index contributed by atoms with van der Waals surface area (Å²) >= 11 is 0. The zero-order valence-electron chi connectivity index (χ0n) is 35.3. The van der Waals surface area contributed by atoms with Crippen molar-refractivity contribution in [2.75, 3.05) is 9.80 Å². The number of ether oxygens (including phenoxy) is 1. The molecule has 0 fully saturated rings. The number of hydrogen-bond acceptors (Lipinski definition) is 7. The quantitative estimate of drug-likeness (QED) is 0.147. The second kappa shape index (κ2) is 15.4. The van der Waals surface area contributed by atoms with E-state index in [1.165, 1.54) is 0 Å². The molecule has 0 spiro atoms. The van der Waals surface area contributed by atoms with Gasteiger partial charge in [-0.1, -0.05) is 121 Å². The first-order valence-electron chi connectivity index (χ1n) is 21.7. The molecular formula is C57H33N6O3Pt-3. The Kier molecular flexibility index (Phi) is 8.95. The van der Waals surface area contributed by atoms with E-state index in [1.54, 1.807) is 6.20 Å². The maximum atomic E-state index is 6.93. The van der Waals surface area contributed by atoms with Crippen LogP contribution in [0.5, 0.6) is 11.5 Å². The molecule has 1 aliphatic rings. The SMILES string of the molecule is [Pt].[c-]1c(N2C=CN(c3c(-c4ccccc4)cccc3-c3ccccc3)[CH-]2)cc2c(oc3cc4c(cc32)oc2ccccc24)c1Oc1[c-]c2c(cc1)n1c3ccccc3nc1n2-c1ccccn1. The van der Waals surface area contributed by atoms with Crippen LogP contribution < -0.4 is 14.5 Å². The molecule has 5 aromatic heterocycles. The molecule has 0 aliphatic carbocycles. The fourth-order valence-corrected chi connectivity index (χ4v) is 9.53. The molecule has 6 heterocycles. The van der Waals surface area contributed by atoms with Crippen molar-refractivity contribution in [1.82, 2.24) is 18.9 Å². The normalized spacial score (nSPS) is 12.8. The molecule has 1 aliphatic heterocycles. The first-order chi connectivity index (χ1) is 32.7. The van der Waals surface area contributed by atoms with Gasteiger partial charge in [-0.05, 0) is 77.0 Å². The van der Waals surface area contributed by atoms with Gasteiger partial charge < -0.3 is 27.8 Å². The number of aromatic nitrogens is 4. The Morgan fingerprint density at radius 2 is 1.25 bits per heavy atom. The molecule has 0 saturated heterocycles. The molecule has 0 saturated carbocycles. The number of hydrogen-bond donors (Lipinski definition) is 0. The van der Waals surface area contributed by atoms with E-state index in [0.717, 1.165) is 100 Å². The van der Waals surface area contributed by atoms with Gasteiger partial charge in [0, 0.05) is 66.0 Å². The fourth-order valence-electron chi connectivity index (χ4n) is 9.53. The van der Waals surface area contributed by atoms with Gasteiger partial charge in [-0.25, -0.2) is 9.97 Å². The largest absolute Gasteiger partial charge is 0.512 e. The number of fused-ring (bicyclic) bond motifs is 11. The second-order valence-electron chi connectivity index (χ2n) is 16.4. The Morgan fingerprint density at radius 3 is 2.04 bits per heavy atom. The third kappa shape index (κ3) is 6.19. The summed E-state index contributed by atoms with van der Waals surface area (Å²) in [6.45, 7) is 2.09. The summed E-state index contributed by atoms with van der Waals surface area (Å²) in [4.78, 5) is 14.0. The van der Waals surface area contributed by atoms with Crippen molar-refractivity contribution < 1.29 is 34.6 Å². The maximum absolute atomic E-state index is 6.93. The van der Waals surface area contributed by atoms with Crippen LogP contribution in [0.3, 0.4) is 0 Å². The topological polar surface area (TPSA) is 77.1 Å². The Bertz CT molecular complexity index is 4020. The van der Waals surface area contributed by atoms with Gasteiger partial charge in [-0.2, -0.15) is 0 Å². The Labute approximate surface area is 397 Å². The van der Waals surface area contributed by atoms with Gasteiger partial charge in [0.1, 0.15) is 22.6 Å². The number of para-hydroxylation sites is 4. The third-order valence-corrected chi connectivity index (χ3v) is 12.5.